The molecule has 0 fully saturated rings. The zero-order valence-electron chi connectivity index (χ0n) is 8.73. The maximum Gasteiger partial charge on any atom is 0.295 e. The molecule has 1 aromatic heterocycles. The average Bonchev–Trinajstić information content (AvgIpc) is 2.32. The first-order valence-corrected chi connectivity index (χ1v) is 5.93. The van der Waals surface area contributed by atoms with Crippen LogP contribution in [0.25, 0.3) is 11.3 Å². The summed E-state index contributed by atoms with van der Waals surface area (Å²) in [6.07, 6.45) is 0. The summed E-state index contributed by atoms with van der Waals surface area (Å²) in [5.41, 5.74) is -0.360. The van der Waals surface area contributed by atoms with E-state index in [1.807, 2.05) is 0 Å². The Morgan fingerprint density at radius 3 is 2.72 bits per heavy atom. The number of hydrogen-bond donors (Lipinski definition) is 0. The predicted molar refractivity (Wildman–Crippen MR) is 69.0 cm³/mol. The normalized spacial score (nSPS) is 10.4. The second-order valence-corrected chi connectivity index (χ2v) is 4.60. The van der Waals surface area contributed by atoms with Gasteiger partial charge in [-0.05, 0) is 34.1 Å². The quantitative estimate of drug-likeness (QED) is 0.470. The van der Waals surface area contributed by atoms with Crippen LogP contribution in [-0.4, -0.2) is 9.91 Å². The molecule has 0 aliphatic rings. The number of pyridine rings is 1. The van der Waals surface area contributed by atoms with Crippen molar-refractivity contribution in [3.8, 4) is 11.3 Å². The van der Waals surface area contributed by atoms with Crippen molar-refractivity contribution in [3.63, 3.8) is 0 Å². The van der Waals surface area contributed by atoms with Crippen LogP contribution in [0.15, 0.2) is 34.8 Å². The van der Waals surface area contributed by atoms with Crippen LogP contribution in [0.4, 0.5) is 10.1 Å². The first kappa shape index (κ1) is 12.9. The molecule has 0 atom stereocenters. The lowest BCUT2D eigenvalue weighted by Gasteiger charge is -2.05. The van der Waals surface area contributed by atoms with Crippen molar-refractivity contribution in [2.45, 2.75) is 0 Å². The number of aromatic nitrogens is 1. The summed E-state index contributed by atoms with van der Waals surface area (Å²) in [5.74, 6) is -0.615. The molecule has 92 valence electrons. The zero-order chi connectivity index (χ0) is 13.3. The van der Waals surface area contributed by atoms with Crippen LogP contribution >= 0.6 is 27.5 Å². The average molecular weight is 332 g/mol. The maximum absolute atomic E-state index is 13.9. The highest BCUT2D eigenvalue weighted by molar-refractivity contribution is 9.10. The summed E-state index contributed by atoms with van der Waals surface area (Å²) < 4.78 is 14.1. The molecule has 0 spiro atoms. The summed E-state index contributed by atoms with van der Waals surface area (Å²) in [7, 11) is 0. The molecular weight excluding hydrogens is 326 g/mol. The van der Waals surface area contributed by atoms with Crippen LogP contribution in [0.5, 0.6) is 0 Å². The molecule has 0 unspecified atom stereocenters. The Morgan fingerprint density at radius 2 is 2.06 bits per heavy atom. The Kier molecular flexibility index (Phi) is 3.58. The van der Waals surface area contributed by atoms with Gasteiger partial charge in [0.15, 0.2) is 5.69 Å². The molecule has 2 aromatic rings. The third-order valence-corrected chi connectivity index (χ3v) is 3.07. The molecule has 2 rings (SSSR count). The van der Waals surface area contributed by atoms with Gasteiger partial charge < -0.3 is 0 Å². The summed E-state index contributed by atoms with van der Waals surface area (Å²) >= 11 is 8.71. The van der Waals surface area contributed by atoms with Gasteiger partial charge in [-0.3, -0.25) is 10.1 Å². The molecule has 7 heteroatoms. The number of hydrogen-bond acceptors (Lipinski definition) is 3. The van der Waals surface area contributed by atoms with Crippen LogP contribution in [0.3, 0.4) is 0 Å². The lowest BCUT2D eigenvalue weighted by atomic mass is 10.1. The third-order valence-electron chi connectivity index (χ3n) is 2.24. The lowest BCUT2D eigenvalue weighted by Crippen LogP contribution is -1.97. The highest BCUT2D eigenvalue weighted by Gasteiger charge is 2.21. The van der Waals surface area contributed by atoms with Crippen molar-refractivity contribution in [1.29, 1.82) is 0 Å². The smallest absolute Gasteiger partial charge is 0.258 e. The largest absolute Gasteiger partial charge is 0.295 e. The first-order valence-electron chi connectivity index (χ1n) is 4.76. The van der Waals surface area contributed by atoms with Crippen molar-refractivity contribution in [3.05, 3.63) is 55.9 Å². The van der Waals surface area contributed by atoms with E-state index in [0.717, 1.165) is 0 Å². The monoisotopic (exact) mass is 330 g/mol. The number of benzene rings is 1. The van der Waals surface area contributed by atoms with E-state index in [1.165, 1.54) is 24.3 Å². The molecule has 0 aliphatic heterocycles. The van der Waals surface area contributed by atoms with Crippen LogP contribution in [0.2, 0.25) is 5.15 Å². The molecule has 0 amide bonds. The molecule has 1 heterocycles. The SMILES string of the molecule is O=[N+]([O-])c1ccc(Cl)nc1-c1cccc(Br)c1F. The molecule has 0 N–H and O–H groups in total. The van der Waals surface area contributed by atoms with Crippen LogP contribution in [0.1, 0.15) is 0 Å². The molecule has 4 nitrogen and oxygen atoms in total. The zero-order valence-corrected chi connectivity index (χ0v) is 11.1. The van der Waals surface area contributed by atoms with Gasteiger partial charge in [-0.1, -0.05) is 17.7 Å². The summed E-state index contributed by atoms with van der Waals surface area (Å²) in [6, 6.07) is 6.96. The Balaban J connectivity index is 2.73. The highest BCUT2D eigenvalue weighted by Crippen LogP contribution is 2.33. The molecule has 0 saturated heterocycles. The van der Waals surface area contributed by atoms with E-state index >= 15 is 0 Å². The topological polar surface area (TPSA) is 56.0 Å². The van der Waals surface area contributed by atoms with E-state index in [9.17, 15) is 14.5 Å². The second kappa shape index (κ2) is 4.99. The van der Waals surface area contributed by atoms with Crippen molar-refractivity contribution in [1.82, 2.24) is 4.98 Å². The van der Waals surface area contributed by atoms with Crippen LogP contribution in [0, 0.1) is 15.9 Å². The molecule has 0 saturated carbocycles. The Labute approximate surface area is 115 Å². The van der Waals surface area contributed by atoms with E-state index in [0.29, 0.717) is 0 Å². The van der Waals surface area contributed by atoms with E-state index in [-0.39, 0.29) is 26.6 Å². The van der Waals surface area contributed by atoms with E-state index in [2.05, 4.69) is 20.9 Å². The minimum Gasteiger partial charge on any atom is -0.258 e. The minimum atomic E-state index is -0.626. The summed E-state index contributed by atoms with van der Waals surface area (Å²) in [6.45, 7) is 0. The number of nitrogens with zero attached hydrogens (tertiary/aromatic N) is 2. The number of rotatable bonds is 2. The Morgan fingerprint density at radius 1 is 1.33 bits per heavy atom. The van der Waals surface area contributed by atoms with Gasteiger partial charge in [0.05, 0.1) is 9.40 Å². The van der Waals surface area contributed by atoms with Gasteiger partial charge in [0.2, 0.25) is 0 Å². The number of halogens is 3. The van der Waals surface area contributed by atoms with Gasteiger partial charge in [-0.2, -0.15) is 0 Å². The molecular formula is C11H5BrClFN2O2. The van der Waals surface area contributed by atoms with Crippen LogP contribution < -0.4 is 0 Å². The van der Waals surface area contributed by atoms with Crippen molar-refractivity contribution >= 4 is 33.2 Å². The van der Waals surface area contributed by atoms with Gasteiger partial charge in [0, 0.05) is 11.6 Å². The Hall–Kier alpha value is -1.53. The maximum atomic E-state index is 13.9. The standard InChI is InChI=1S/C11H5BrClFN2O2/c12-7-3-1-2-6(10(7)14)11-8(16(17)18)4-5-9(13)15-11/h1-5H. The van der Waals surface area contributed by atoms with E-state index in [4.69, 9.17) is 11.6 Å². The molecule has 0 bridgehead atoms. The van der Waals surface area contributed by atoms with Gasteiger partial charge in [-0.15, -0.1) is 0 Å². The van der Waals surface area contributed by atoms with E-state index < -0.39 is 10.7 Å². The molecule has 0 radical (unpaired) electrons. The molecule has 0 aliphatic carbocycles. The fraction of sp³-hybridized carbons (Fsp3) is 0. The van der Waals surface area contributed by atoms with E-state index in [1.54, 1.807) is 6.07 Å². The fourth-order valence-electron chi connectivity index (χ4n) is 1.46. The van der Waals surface area contributed by atoms with Crippen molar-refractivity contribution in [2.24, 2.45) is 0 Å². The summed E-state index contributed by atoms with van der Waals surface area (Å²) in [4.78, 5) is 14.1. The fourth-order valence-corrected chi connectivity index (χ4v) is 1.97. The van der Waals surface area contributed by atoms with Gasteiger partial charge in [-0.25, -0.2) is 9.37 Å². The number of nitro groups is 1. The minimum absolute atomic E-state index is 0.0265. The Bertz CT molecular complexity index is 636. The van der Waals surface area contributed by atoms with Gasteiger partial charge in [0.1, 0.15) is 11.0 Å². The highest BCUT2D eigenvalue weighted by atomic mass is 79.9. The van der Waals surface area contributed by atoms with Crippen LogP contribution in [-0.2, 0) is 0 Å². The lowest BCUT2D eigenvalue weighted by molar-refractivity contribution is -0.384. The van der Waals surface area contributed by atoms with Crippen molar-refractivity contribution in [2.75, 3.05) is 0 Å². The molecule has 18 heavy (non-hydrogen) atoms. The molecule has 1 aromatic carbocycles. The first-order chi connectivity index (χ1) is 8.50. The van der Waals surface area contributed by atoms with Crippen molar-refractivity contribution < 1.29 is 9.31 Å². The van der Waals surface area contributed by atoms with Gasteiger partial charge in [0.25, 0.3) is 5.69 Å². The van der Waals surface area contributed by atoms with Gasteiger partial charge >= 0.3 is 0 Å². The third kappa shape index (κ3) is 2.34. The second-order valence-electron chi connectivity index (χ2n) is 3.36. The predicted octanol–water partition coefficient (Wildman–Crippen LogP) is 4.21. The summed E-state index contributed by atoms with van der Waals surface area (Å²) in [5, 5.41) is 11.0.